The van der Waals surface area contributed by atoms with Crippen molar-refractivity contribution in [1.82, 2.24) is 10.2 Å². The van der Waals surface area contributed by atoms with Gasteiger partial charge in [0, 0.05) is 17.6 Å². The van der Waals surface area contributed by atoms with Crippen LogP contribution in [0, 0.1) is 0 Å². The normalized spacial score (nSPS) is 14.2. The third-order valence-electron chi connectivity index (χ3n) is 7.21. The highest BCUT2D eigenvalue weighted by molar-refractivity contribution is 6.31. The lowest BCUT2D eigenvalue weighted by molar-refractivity contribution is 0.0905. The van der Waals surface area contributed by atoms with Gasteiger partial charge >= 0.3 is 0 Å². The lowest BCUT2D eigenvalue weighted by Gasteiger charge is -2.34. The summed E-state index contributed by atoms with van der Waals surface area (Å²) in [5.74, 6) is 0.895. The van der Waals surface area contributed by atoms with Crippen LogP contribution < -0.4 is 5.32 Å². The molecule has 0 bridgehead atoms. The van der Waals surface area contributed by atoms with Gasteiger partial charge in [-0.15, -0.1) is 0 Å². The molecule has 1 saturated carbocycles. The molecule has 0 aliphatic heterocycles. The summed E-state index contributed by atoms with van der Waals surface area (Å²) < 4.78 is 6.12. The van der Waals surface area contributed by atoms with Crippen molar-refractivity contribution in [2.45, 2.75) is 57.3 Å². The maximum absolute atomic E-state index is 13.3. The Bertz CT molecular complexity index is 1240. The van der Waals surface area contributed by atoms with Crippen molar-refractivity contribution in [2.24, 2.45) is 0 Å². The average Bonchev–Trinajstić information content (AvgIpc) is 3.43. The lowest BCUT2D eigenvalue weighted by Crippen LogP contribution is -2.35. The Balaban J connectivity index is 1.33. The number of carbonyl (C=O) groups is 1. The molecular weight excluding hydrogens is 480 g/mol. The molecule has 4 nitrogen and oxygen atoms in total. The molecule has 1 aromatic heterocycles. The van der Waals surface area contributed by atoms with Crippen molar-refractivity contribution in [3.05, 3.63) is 130 Å². The molecule has 0 radical (unpaired) electrons. The standard InChI is InChI=1S/C32H33ClN2O2/c33-29-19-11-10-16-26(29)22-35(27-17-8-3-9-18-27)23-28-20-21-30(37-28)32(36)34-31(24-12-4-1-5-13-24)25-14-6-2-7-15-25/h1-2,4-7,10-16,19-21,27,31H,3,8-9,17-18,22-23H2,(H,34,36). The van der Waals surface area contributed by atoms with Crippen molar-refractivity contribution in [3.8, 4) is 0 Å². The highest BCUT2D eigenvalue weighted by Gasteiger charge is 2.24. The van der Waals surface area contributed by atoms with Gasteiger partial charge in [0.15, 0.2) is 5.76 Å². The van der Waals surface area contributed by atoms with E-state index in [4.69, 9.17) is 16.0 Å². The molecule has 190 valence electrons. The van der Waals surface area contributed by atoms with E-state index in [2.05, 4.69) is 16.3 Å². The summed E-state index contributed by atoms with van der Waals surface area (Å²) in [4.78, 5) is 15.8. The minimum absolute atomic E-state index is 0.223. The Kier molecular flexibility index (Phi) is 8.39. The SMILES string of the molecule is O=C(NC(c1ccccc1)c1ccccc1)c1ccc(CN(Cc2ccccc2Cl)C2CCCCC2)o1. The molecule has 4 aromatic rings. The molecule has 3 aromatic carbocycles. The molecule has 1 N–H and O–H groups in total. The summed E-state index contributed by atoms with van der Waals surface area (Å²) in [6.07, 6.45) is 6.14. The van der Waals surface area contributed by atoms with Crippen molar-refractivity contribution < 1.29 is 9.21 Å². The number of furan rings is 1. The zero-order chi connectivity index (χ0) is 25.5. The van der Waals surface area contributed by atoms with E-state index >= 15 is 0 Å². The highest BCUT2D eigenvalue weighted by Crippen LogP contribution is 2.28. The summed E-state index contributed by atoms with van der Waals surface area (Å²) in [5, 5.41) is 3.97. The highest BCUT2D eigenvalue weighted by atomic mass is 35.5. The predicted molar refractivity (Wildman–Crippen MR) is 148 cm³/mol. The molecule has 37 heavy (non-hydrogen) atoms. The molecule has 1 heterocycles. The molecule has 0 spiro atoms. The molecule has 1 aliphatic rings. The van der Waals surface area contributed by atoms with Gasteiger partial charge in [-0.2, -0.15) is 0 Å². The first kappa shape index (κ1) is 25.3. The van der Waals surface area contributed by atoms with E-state index in [-0.39, 0.29) is 11.9 Å². The van der Waals surface area contributed by atoms with Crippen LogP contribution in [-0.4, -0.2) is 16.8 Å². The zero-order valence-electron chi connectivity index (χ0n) is 21.0. The molecule has 0 saturated heterocycles. The van der Waals surface area contributed by atoms with Crippen LogP contribution in [0.5, 0.6) is 0 Å². The average molecular weight is 513 g/mol. The Morgan fingerprint density at radius 1 is 0.811 bits per heavy atom. The van der Waals surface area contributed by atoms with Crippen molar-refractivity contribution in [2.75, 3.05) is 0 Å². The summed E-state index contributed by atoms with van der Waals surface area (Å²) in [5.41, 5.74) is 3.17. The van der Waals surface area contributed by atoms with E-state index in [1.807, 2.05) is 84.9 Å². The van der Waals surface area contributed by atoms with E-state index < -0.39 is 0 Å². The number of nitrogens with one attached hydrogen (secondary N) is 1. The summed E-state index contributed by atoms with van der Waals surface area (Å²) in [6, 6.07) is 32.0. The van der Waals surface area contributed by atoms with Gasteiger partial charge in [-0.05, 0) is 47.7 Å². The summed E-state index contributed by atoms with van der Waals surface area (Å²) >= 11 is 6.50. The van der Waals surface area contributed by atoms with Crippen LogP contribution in [0.15, 0.2) is 101 Å². The second-order valence-electron chi connectivity index (χ2n) is 9.78. The fourth-order valence-corrected chi connectivity index (χ4v) is 5.44. The first-order valence-electron chi connectivity index (χ1n) is 13.1. The molecule has 0 unspecified atom stereocenters. The van der Waals surface area contributed by atoms with Gasteiger partial charge in [-0.25, -0.2) is 0 Å². The molecule has 1 amide bonds. The third kappa shape index (κ3) is 6.51. The first-order valence-corrected chi connectivity index (χ1v) is 13.5. The minimum Gasteiger partial charge on any atom is -0.455 e. The van der Waals surface area contributed by atoms with Crippen LogP contribution in [0.4, 0.5) is 0 Å². The van der Waals surface area contributed by atoms with Gasteiger partial charge in [0.25, 0.3) is 5.91 Å². The lowest BCUT2D eigenvalue weighted by atomic mass is 9.93. The summed E-state index contributed by atoms with van der Waals surface area (Å²) in [7, 11) is 0. The quantitative estimate of drug-likeness (QED) is 0.249. The number of benzene rings is 3. The van der Waals surface area contributed by atoms with Crippen LogP contribution in [0.2, 0.25) is 5.02 Å². The second-order valence-corrected chi connectivity index (χ2v) is 10.2. The fraction of sp³-hybridized carbons (Fsp3) is 0.281. The van der Waals surface area contributed by atoms with Crippen molar-refractivity contribution in [1.29, 1.82) is 0 Å². The Labute approximate surface area is 224 Å². The van der Waals surface area contributed by atoms with Crippen LogP contribution in [0.1, 0.15) is 71.2 Å². The Morgan fingerprint density at radius 2 is 1.43 bits per heavy atom. The van der Waals surface area contributed by atoms with Gasteiger partial charge in [-0.1, -0.05) is 110 Å². The second kappa shape index (κ2) is 12.3. The number of halogens is 1. The Hall–Kier alpha value is -3.34. The fourth-order valence-electron chi connectivity index (χ4n) is 5.24. The molecule has 5 rings (SSSR count). The van der Waals surface area contributed by atoms with Crippen LogP contribution in [-0.2, 0) is 13.1 Å². The number of carbonyl (C=O) groups excluding carboxylic acids is 1. The van der Waals surface area contributed by atoms with Crippen molar-refractivity contribution in [3.63, 3.8) is 0 Å². The largest absolute Gasteiger partial charge is 0.455 e. The Morgan fingerprint density at radius 3 is 2.08 bits per heavy atom. The molecular formula is C32H33ClN2O2. The smallest absolute Gasteiger partial charge is 0.287 e. The first-order chi connectivity index (χ1) is 18.2. The maximum Gasteiger partial charge on any atom is 0.287 e. The molecule has 1 fully saturated rings. The van der Waals surface area contributed by atoms with Crippen LogP contribution >= 0.6 is 11.6 Å². The van der Waals surface area contributed by atoms with E-state index in [0.717, 1.165) is 34.0 Å². The number of amides is 1. The van der Waals surface area contributed by atoms with Crippen LogP contribution in [0.3, 0.4) is 0 Å². The predicted octanol–water partition coefficient (Wildman–Crippen LogP) is 7.79. The van der Waals surface area contributed by atoms with Gasteiger partial charge in [-0.3, -0.25) is 9.69 Å². The van der Waals surface area contributed by atoms with E-state index in [9.17, 15) is 4.79 Å². The van der Waals surface area contributed by atoms with Gasteiger partial charge in [0.2, 0.25) is 0 Å². The summed E-state index contributed by atoms with van der Waals surface area (Å²) in [6.45, 7) is 1.40. The van der Waals surface area contributed by atoms with Gasteiger partial charge in [0.1, 0.15) is 5.76 Å². The van der Waals surface area contributed by atoms with Gasteiger partial charge in [0.05, 0.1) is 12.6 Å². The minimum atomic E-state index is -0.262. The van der Waals surface area contributed by atoms with E-state index in [0.29, 0.717) is 18.3 Å². The topological polar surface area (TPSA) is 45.5 Å². The number of hydrogen-bond acceptors (Lipinski definition) is 3. The zero-order valence-corrected chi connectivity index (χ0v) is 21.7. The van der Waals surface area contributed by atoms with Crippen LogP contribution in [0.25, 0.3) is 0 Å². The third-order valence-corrected chi connectivity index (χ3v) is 7.58. The van der Waals surface area contributed by atoms with Crippen molar-refractivity contribution >= 4 is 17.5 Å². The molecule has 5 heteroatoms. The van der Waals surface area contributed by atoms with Gasteiger partial charge < -0.3 is 9.73 Å². The number of rotatable bonds is 9. The number of hydrogen-bond donors (Lipinski definition) is 1. The maximum atomic E-state index is 13.3. The molecule has 1 aliphatic carbocycles. The number of nitrogens with zero attached hydrogens (tertiary/aromatic N) is 1. The van der Waals surface area contributed by atoms with E-state index in [1.54, 1.807) is 6.07 Å². The molecule has 0 atom stereocenters. The van der Waals surface area contributed by atoms with E-state index in [1.165, 1.54) is 32.1 Å². The monoisotopic (exact) mass is 512 g/mol.